The van der Waals surface area contributed by atoms with E-state index >= 15 is 0 Å². The smallest absolute Gasteiger partial charge is 0.345 e. The van der Waals surface area contributed by atoms with Crippen molar-refractivity contribution in [1.29, 1.82) is 0 Å². The van der Waals surface area contributed by atoms with E-state index in [2.05, 4.69) is 11.9 Å². The van der Waals surface area contributed by atoms with Crippen LogP contribution < -0.4 is 0 Å². The molecule has 2 heterocycles. The van der Waals surface area contributed by atoms with Crippen LogP contribution >= 0.6 is 7.67 Å². The normalized spacial score (nSPS) is 34.9. The van der Waals surface area contributed by atoms with Crippen LogP contribution in [0.2, 0.25) is 0 Å². The van der Waals surface area contributed by atoms with Crippen molar-refractivity contribution in [2.24, 2.45) is 0 Å². The minimum atomic E-state index is -3.14. The van der Waals surface area contributed by atoms with E-state index in [4.69, 9.17) is 18.7 Å². The second kappa shape index (κ2) is 9.33. The summed E-state index contributed by atoms with van der Waals surface area (Å²) in [7, 11) is 8.19. The Morgan fingerprint density at radius 3 is 2.24 bits per heavy atom. The van der Waals surface area contributed by atoms with Gasteiger partial charge in [-0.15, -0.1) is 0 Å². The molecule has 5 atom stereocenters. The van der Waals surface area contributed by atoms with Gasteiger partial charge in [0.1, 0.15) is 15.7 Å². The highest BCUT2D eigenvalue weighted by Crippen LogP contribution is 2.53. The maximum absolute atomic E-state index is 13.6. The summed E-state index contributed by atoms with van der Waals surface area (Å²) in [5.41, 5.74) is 0. The number of rotatable bonds is 7. The zero-order valence-electron chi connectivity index (χ0n) is 16.4. The summed E-state index contributed by atoms with van der Waals surface area (Å²) in [5.74, 6) is 0. The van der Waals surface area contributed by atoms with Gasteiger partial charge in [-0.05, 0) is 21.1 Å². The summed E-state index contributed by atoms with van der Waals surface area (Å²) in [6, 6.07) is 0.128. The van der Waals surface area contributed by atoms with E-state index < -0.39 is 7.67 Å². The molecule has 0 aromatic rings. The molecule has 0 aliphatic carbocycles. The first-order chi connectivity index (χ1) is 11.7. The van der Waals surface area contributed by atoms with Crippen molar-refractivity contribution in [3.63, 3.8) is 0 Å². The lowest BCUT2D eigenvalue weighted by atomic mass is 9.98. The van der Waals surface area contributed by atoms with Gasteiger partial charge in [-0.1, -0.05) is 0 Å². The second-order valence-electron chi connectivity index (χ2n) is 7.32. The molecule has 2 fully saturated rings. The highest BCUT2D eigenvalue weighted by Gasteiger charge is 2.41. The fraction of sp³-hybridized carbons (Fsp3) is 1.00. The van der Waals surface area contributed by atoms with Gasteiger partial charge in [0.2, 0.25) is 0 Å². The number of likely N-dealkylation sites (N-methyl/N-ethyl adjacent to an activating group) is 1. The van der Waals surface area contributed by atoms with Gasteiger partial charge in [-0.3, -0.25) is 4.57 Å². The Hall–Kier alpha value is 0.0799. The van der Waals surface area contributed by atoms with E-state index in [1.165, 1.54) is 0 Å². The van der Waals surface area contributed by atoms with Crippen LogP contribution in [0.4, 0.5) is 0 Å². The Morgan fingerprint density at radius 1 is 1.08 bits per heavy atom. The lowest BCUT2D eigenvalue weighted by molar-refractivity contribution is -0.0726. The maximum Gasteiger partial charge on any atom is 0.345 e. The number of methoxy groups -OCH3 is 1. The van der Waals surface area contributed by atoms with Crippen molar-refractivity contribution in [1.82, 2.24) is 14.2 Å². The number of nitrogens with zero attached hydrogens (tertiary/aromatic N) is 3. The molecular weight excluding hydrogens is 343 g/mol. The quantitative estimate of drug-likeness (QED) is 0.385. The van der Waals surface area contributed by atoms with Crippen molar-refractivity contribution in [2.75, 3.05) is 67.6 Å². The van der Waals surface area contributed by atoms with E-state index in [-0.39, 0.29) is 24.2 Å². The van der Waals surface area contributed by atoms with Gasteiger partial charge in [0, 0.05) is 45.3 Å². The molecule has 11 heteroatoms. The molecule has 0 saturated carbocycles. The van der Waals surface area contributed by atoms with Crippen LogP contribution in [0.15, 0.2) is 0 Å². The molecule has 0 spiro atoms. The predicted molar refractivity (Wildman–Crippen MR) is 103 cm³/mol. The van der Waals surface area contributed by atoms with Crippen molar-refractivity contribution < 1.29 is 23.3 Å². The monoisotopic (exact) mass is 375 g/mol. The van der Waals surface area contributed by atoms with Gasteiger partial charge < -0.3 is 23.6 Å². The Bertz CT molecular complexity index is 466. The SMILES string of the molecule is B[C@H]1CN(C)C[C@@H](COP(=O)(N(C)C)N2C[C@@H](COC)O[C@@H](B)C2)O1. The van der Waals surface area contributed by atoms with Gasteiger partial charge in [-0.2, -0.15) is 0 Å². The highest BCUT2D eigenvalue weighted by atomic mass is 31.2. The molecule has 2 aliphatic heterocycles. The lowest BCUT2D eigenvalue weighted by Crippen LogP contribution is -2.50. The number of hydrogen-bond acceptors (Lipinski definition) is 6. The standard InChI is InChI=1S/C14H32B2N3O5P/c1-17(2)25(20,19-6-12(9-21-4)24-14(16)8-19)22-10-11-5-18(3)7-13(15)23-11/h11-14H,5-10,15-16H2,1-4H3/t11-,12-,13+,14+,25?/m0/s1. The van der Waals surface area contributed by atoms with E-state index in [0.717, 1.165) is 13.1 Å². The molecule has 2 aliphatic rings. The molecule has 0 amide bonds. The van der Waals surface area contributed by atoms with Gasteiger partial charge in [0.15, 0.2) is 0 Å². The molecule has 0 bridgehead atoms. The lowest BCUT2D eigenvalue weighted by Gasteiger charge is -2.43. The third-order valence-electron chi connectivity index (χ3n) is 4.46. The van der Waals surface area contributed by atoms with Crippen LogP contribution in [0.3, 0.4) is 0 Å². The first-order valence-electron chi connectivity index (χ1n) is 8.90. The summed E-state index contributed by atoms with van der Waals surface area (Å²) in [4.78, 5) is 2.22. The van der Waals surface area contributed by atoms with E-state index in [1.807, 2.05) is 20.4 Å². The average molecular weight is 375 g/mol. The molecule has 2 saturated heterocycles. The fourth-order valence-corrected chi connectivity index (χ4v) is 5.59. The van der Waals surface area contributed by atoms with E-state index in [1.54, 1.807) is 25.9 Å². The largest absolute Gasteiger partial charge is 0.382 e. The minimum Gasteiger partial charge on any atom is -0.382 e. The van der Waals surface area contributed by atoms with Crippen molar-refractivity contribution in [3.8, 4) is 0 Å². The topological polar surface area (TPSA) is 63.7 Å². The third kappa shape index (κ3) is 5.78. The van der Waals surface area contributed by atoms with Crippen LogP contribution in [0.25, 0.3) is 0 Å². The molecule has 0 aromatic carbocycles. The van der Waals surface area contributed by atoms with Gasteiger partial charge in [0.25, 0.3) is 0 Å². The van der Waals surface area contributed by atoms with Crippen LogP contribution in [0.1, 0.15) is 0 Å². The van der Waals surface area contributed by atoms with Crippen LogP contribution in [-0.4, -0.2) is 122 Å². The first-order valence-corrected chi connectivity index (χ1v) is 10.4. The number of ether oxygens (including phenoxy) is 3. The number of morpholine rings is 2. The molecule has 0 radical (unpaired) electrons. The Balaban J connectivity index is 2.03. The van der Waals surface area contributed by atoms with Crippen molar-refractivity contribution >= 4 is 23.4 Å². The summed E-state index contributed by atoms with van der Waals surface area (Å²) in [6.07, 6.45) is -0.182. The summed E-state index contributed by atoms with van der Waals surface area (Å²) in [6.45, 7) is 3.56. The van der Waals surface area contributed by atoms with E-state index in [9.17, 15) is 4.57 Å². The van der Waals surface area contributed by atoms with E-state index in [0.29, 0.717) is 26.3 Å². The molecule has 25 heavy (non-hydrogen) atoms. The number of hydrogen-bond donors (Lipinski definition) is 0. The summed E-state index contributed by atoms with van der Waals surface area (Å²) in [5, 5.41) is 0. The summed E-state index contributed by atoms with van der Waals surface area (Å²) < 4.78 is 40.2. The zero-order valence-corrected chi connectivity index (χ0v) is 17.3. The van der Waals surface area contributed by atoms with Crippen LogP contribution in [0.5, 0.6) is 0 Å². The second-order valence-corrected chi connectivity index (χ2v) is 9.92. The first kappa shape index (κ1) is 21.4. The Labute approximate surface area is 153 Å². The molecule has 8 nitrogen and oxygen atoms in total. The fourth-order valence-electron chi connectivity index (χ4n) is 3.50. The molecule has 144 valence electrons. The van der Waals surface area contributed by atoms with Crippen LogP contribution in [0, 0.1) is 0 Å². The predicted octanol–water partition coefficient (Wildman–Crippen LogP) is -1.73. The minimum absolute atomic E-state index is 0.0251. The molecule has 1 unspecified atom stereocenters. The zero-order chi connectivity index (χ0) is 18.6. The molecular formula is C14H32B2N3O5P. The summed E-state index contributed by atoms with van der Waals surface area (Å²) >= 11 is 0. The third-order valence-corrected chi connectivity index (χ3v) is 7.00. The van der Waals surface area contributed by atoms with Gasteiger partial charge >= 0.3 is 7.67 Å². The van der Waals surface area contributed by atoms with Gasteiger partial charge in [0.05, 0.1) is 25.4 Å². The molecule has 2 rings (SSSR count). The highest BCUT2D eigenvalue weighted by molar-refractivity contribution is 7.53. The average Bonchev–Trinajstić information content (AvgIpc) is 2.51. The molecule has 0 aromatic heterocycles. The van der Waals surface area contributed by atoms with Crippen molar-refractivity contribution in [2.45, 2.75) is 24.2 Å². The Morgan fingerprint density at radius 2 is 1.68 bits per heavy atom. The Kier molecular flexibility index (Phi) is 7.98. The van der Waals surface area contributed by atoms with Crippen molar-refractivity contribution in [3.05, 3.63) is 0 Å². The maximum atomic E-state index is 13.6. The van der Waals surface area contributed by atoms with Gasteiger partial charge in [-0.25, -0.2) is 9.34 Å². The van der Waals surface area contributed by atoms with Crippen LogP contribution in [-0.2, 0) is 23.3 Å². The molecule has 0 N–H and O–H groups in total.